The minimum Gasteiger partial charge on any atom is -0.385 e. The second-order valence-corrected chi connectivity index (χ2v) is 4.21. The second-order valence-electron chi connectivity index (χ2n) is 4.21. The van der Waals surface area contributed by atoms with Crippen molar-refractivity contribution in [2.45, 2.75) is 46.6 Å². The number of carbonyl (C=O) groups excluding carboxylic acids is 1. The molecule has 0 aliphatic heterocycles. The molecule has 0 aliphatic carbocycles. The van der Waals surface area contributed by atoms with Crippen molar-refractivity contribution < 1.29 is 9.90 Å². The lowest BCUT2D eigenvalue weighted by Crippen LogP contribution is -2.23. The van der Waals surface area contributed by atoms with Crippen LogP contribution in [-0.4, -0.2) is 17.0 Å². The van der Waals surface area contributed by atoms with E-state index in [2.05, 4.69) is 0 Å². The van der Waals surface area contributed by atoms with Gasteiger partial charge >= 0.3 is 0 Å². The van der Waals surface area contributed by atoms with Gasteiger partial charge in [-0.25, -0.2) is 0 Å². The van der Waals surface area contributed by atoms with Crippen molar-refractivity contribution >= 4 is 5.78 Å². The highest BCUT2D eigenvalue weighted by atomic mass is 16.3. The Bertz CT molecular complexity index is 139. The van der Waals surface area contributed by atoms with Crippen LogP contribution in [-0.2, 0) is 4.79 Å². The Kier molecular flexibility index (Phi) is 5.14. The zero-order valence-electron chi connectivity index (χ0n) is 8.50. The number of rotatable bonds is 5. The van der Waals surface area contributed by atoms with Crippen LogP contribution in [0.25, 0.3) is 0 Å². The van der Waals surface area contributed by atoms with Crippen LogP contribution in [0, 0.1) is 11.8 Å². The summed E-state index contributed by atoms with van der Waals surface area (Å²) in [6.07, 6.45) is 0.340. The number of carbonyl (C=O) groups is 1. The smallest absolute Gasteiger partial charge is 0.161 e. The number of Topliss-reactive ketones (excluding diaryl/α,β-unsaturated/α-hetero) is 1. The van der Waals surface area contributed by atoms with E-state index in [0.29, 0.717) is 24.7 Å². The maximum Gasteiger partial charge on any atom is 0.161 e. The highest BCUT2D eigenvalue weighted by Crippen LogP contribution is 2.10. The van der Waals surface area contributed by atoms with Crippen LogP contribution >= 0.6 is 0 Å². The Hall–Kier alpha value is -0.370. The molecule has 2 heteroatoms. The van der Waals surface area contributed by atoms with Gasteiger partial charge in [-0.15, -0.1) is 0 Å². The Morgan fingerprint density at radius 3 is 2.00 bits per heavy atom. The lowest BCUT2D eigenvalue weighted by atomic mass is 9.97. The highest BCUT2D eigenvalue weighted by Gasteiger charge is 2.16. The third-order valence-electron chi connectivity index (χ3n) is 1.68. The molecule has 0 rings (SSSR count). The highest BCUT2D eigenvalue weighted by molar-refractivity contribution is 5.82. The molecule has 0 fully saturated rings. The summed E-state index contributed by atoms with van der Waals surface area (Å²) in [6.45, 7) is 7.98. The van der Waals surface area contributed by atoms with Crippen molar-refractivity contribution in [3.05, 3.63) is 0 Å². The first-order chi connectivity index (χ1) is 5.43. The molecular weight excluding hydrogens is 152 g/mol. The van der Waals surface area contributed by atoms with Gasteiger partial charge in [0.1, 0.15) is 6.10 Å². The van der Waals surface area contributed by atoms with Crippen LogP contribution in [0.1, 0.15) is 40.5 Å². The molecule has 0 radical (unpaired) electrons. The molecule has 1 N–H and O–H groups in total. The third kappa shape index (κ3) is 5.30. The van der Waals surface area contributed by atoms with E-state index in [1.54, 1.807) is 0 Å². The van der Waals surface area contributed by atoms with E-state index in [1.165, 1.54) is 0 Å². The molecule has 0 aromatic heterocycles. The van der Waals surface area contributed by atoms with Gasteiger partial charge in [0.15, 0.2) is 5.78 Å². The number of hydrogen-bond acceptors (Lipinski definition) is 2. The van der Waals surface area contributed by atoms with Crippen molar-refractivity contribution in [3.8, 4) is 0 Å². The van der Waals surface area contributed by atoms with Crippen LogP contribution in [0.3, 0.4) is 0 Å². The topological polar surface area (TPSA) is 37.3 Å². The quantitative estimate of drug-likeness (QED) is 0.688. The molecule has 1 atom stereocenters. The monoisotopic (exact) mass is 172 g/mol. The van der Waals surface area contributed by atoms with Gasteiger partial charge in [-0.2, -0.15) is 0 Å². The van der Waals surface area contributed by atoms with E-state index < -0.39 is 6.10 Å². The number of aliphatic hydroxyl groups excluding tert-OH is 1. The van der Waals surface area contributed by atoms with Crippen LogP contribution < -0.4 is 0 Å². The van der Waals surface area contributed by atoms with Crippen LogP contribution in [0.2, 0.25) is 0 Å². The Labute approximate surface area is 75.0 Å². The predicted octanol–water partition coefficient (Wildman–Crippen LogP) is 2.01. The van der Waals surface area contributed by atoms with E-state index in [9.17, 15) is 9.90 Å². The van der Waals surface area contributed by atoms with Crippen LogP contribution in [0.15, 0.2) is 0 Å². The molecule has 0 aliphatic rings. The fraction of sp³-hybridized carbons (Fsp3) is 0.900. The molecule has 0 heterocycles. The summed E-state index contributed by atoms with van der Waals surface area (Å²) in [6, 6.07) is 0. The number of ketones is 1. The van der Waals surface area contributed by atoms with E-state index in [1.807, 2.05) is 27.7 Å². The van der Waals surface area contributed by atoms with Crippen LogP contribution in [0.4, 0.5) is 0 Å². The van der Waals surface area contributed by atoms with E-state index in [4.69, 9.17) is 0 Å². The van der Waals surface area contributed by atoms with Crippen molar-refractivity contribution in [1.82, 2.24) is 0 Å². The lowest BCUT2D eigenvalue weighted by molar-refractivity contribution is -0.128. The van der Waals surface area contributed by atoms with Gasteiger partial charge in [0, 0.05) is 6.42 Å². The van der Waals surface area contributed by atoms with Crippen molar-refractivity contribution in [1.29, 1.82) is 0 Å². The second kappa shape index (κ2) is 5.31. The zero-order chi connectivity index (χ0) is 9.72. The lowest BCUT2D eigenvalue weighted by Gasteiger charge is -2.12. The average molecular weight is 172 g/mol. The molecule has 12 heavy (non-hydrogen) atoms. The third-order valence-corrected chi connectivity index (χ3v) is 1.68. The molecule has 0 saturated carbocycles. The first-order valence-corrected chi connectivity index (χ1v) is 4.64. The molecule has 0 bridgehead atoms. The van der Waals surface area contributed by atoms with Gasteiger partial charge in [0.2, 0.25) is 0 Å². The summed E-state index contributed by atoms with van der Waals surface area (Å²) < 4.78 is 0. The van der Waals surface area contributed by atoms with Crippen LogP contribution in [0.5, 0.6) is 0 Å². The minimum atomic E-state index is -0.743. The summed E-state index contributed by atoms with van der Waals surface area (Å²) >= 11 is 0. The Morgan fingerprint density at radius 1 is 1.17 bits per heavy atom. The molecule has 0 aromatic rings. The van der Waals surface area contributed by atoms with Gasteiger partial charge in [-0.05, 0) is 18.3 Å². The molecule has 2 nitrogen and oxygen atoms in total. The first-order valence-electron chi connectivity index (χ1n) is 4.64. The van der Waals surface area contributed by atoms with Gasteiger partial charge in [-0.3, -0.25) is 4.79 Å². The van der Waals surface area contributed by atoms with Gasteiger partial charge in [-0.1, -0.05) is 27.7 Å². The predicted molar refractivity (Wildman–Crippen MR) is 49.9 cm³/mol. The van der Waals surface area contributed by atoms with Crippen molar-refractivity contribution in [3.63, 3.8) is 0 Å². The SMILES string of the molecule is CC(C)CC(=O)[C@@H](O)CC(C)C. The fourth-order valence-corrected chi connectivity index (χ4v) is 1.12. The molecular formula is C10H20O2. The van der Waals surface area contributed by atoms with Gasteiger partial charge in [0.25, 0.3) is 0 Å². The molecule has 0 aromatic carbocycles. The minimum absolute atomic E-state index is 0.0151. The standard InChI is InChI=1S/C10H20O2/c1-7(2)5-9(11)10(12)6-8(3)4/h7-9,11H,5-6H2,1-4H3/t9-/m0/s1. The summed E-state index contributed by atoms with van der Waals surface area (Å²) in [7, 11) is 0. The van der Waals surface area contributed by atoms with Crippen molar-refractivity contribution in [2.75, 3.05) is 0 Å². The summed E-state index contributed by atoms with van der Waals surface area (Å²) in [5, 5.41) is 9.39. The Balaban J connectivity index is 3.77. The van der Waals surface area contributed by atoms with Crippen molar-refractivity contribution in [2.24, 2.45) is 11.8 Å². The number of aliphatic hydroxyl groups is 1. The maximum absolute atomic E-state index is 11.2. The average Bonchev–Trinajstić information content (AvgIpc) is 1.84. The van der Waals surface area contributed by atoms with E-state index in [-0.39, 0.29) is 5.78 Å². The maximum atomic E-state index is 11.2. The number of hydrogen-bond donors (Lipinski definition) is 1. The molecule has 0 amide bonds. The fourth-order valence-electron chi connectivity index (χ4n) is 1.12. The van der Waals surface area contributed by atoms with E-state index >= 15 is 0 Å². The molecule has 0 saturated heterocycles. The molecule has 0 unspecified atom stereocenters. The van der Waals surface area contributed by atoms with Gasteiger partial charge in [0.05, 0.1) is 0 Å². The zero-order valence-corrected chi connectivity index (χ0v) is 8.50. The molecule has 0 spiro atoms. The largest absolute Gasteiger partial charge is 0.385 e. The molecule has 72 valence electrons. The normalized spacial score (nSPS) is 13.9. The Morgan fingerprint density at radius 2 is 1.67 bits per heavy atom. The first kappa shape index (κ1) is 11.6. The summed E-state index contributed by atoms with van der Waals surface area (Å²) in [4.78, 5) is 11.2. The summed E-state index contributed by atoms with van der Waals surface area (Å²) in [5.41, 5.74) is 0. The van der Waals surface area contributed by atoms with E-state index in [0.717, 1.165) is 0 Å². The summed E-state index contributed by atoms with van der Waals surface area (Å²) in [5.74, 6) is 0.717. The van der Waals surface area contributed by atoms with Gasteiger partial charge < -0.3 is 5.11 Å².